The molecule has 20 heavy (non-hydrogen) atoms. The molecule has 0 aliphatic heterocycles. The number of rotatable bonds is 10. The molecule has 0 aliphatic carbocycles. The molecule has 0 radical (unpaired) electrons. The van der Waals surface area contributed by atoms with Gasteiger partial charge in [0.1, 0.15) is 6.29 Å². The van der Waals surface area contributed by atoms with Crippen LogP contribution < -0.4 is 9.47 Å². The Kier molecular flexibility index (Phi) is 7.73. The highest BCUT2D eigenvalue weighted by Crippen LogP contribution is 2.28. The lowest BCUT2D eigenvalue weighted by molar-refractivity contribution is 0.112. The molecule has 4 nitrogen and oxygen atoms in total. The van der Waals surface area contributed by atoms with E-state index in [9.17, 15) is 4.79 Å². The van der Waals surface area contributed by atoms with Gasteiger partial charge in [0, 0.05) is 12.1 Å². The lowest BCUT2D eigenvalue weighted by atomic mass is 10.2. The zero-order chi connectivity index (χ0) is 14.8. The molecule has 1 rings (SSSR count). The summed E-state index contributed by atoms with van der Waals surface area (Å²) in [6.07, 6.45) is 1.79. The van der Waals surface area contributed by atoms with Crippen molar-refractivity contribution in [2.45, 2.75) is 27.2 Å². The third kappa shape index (κ3) is 5.21. The second-order valence-electron chi connectivity index (χ2n) is 4.49. The number of carbonyl (C=O) groups excluding carboxylic acids is 1. The maximum absolute atomic E-state index is 10.8. The minimum atomic E-state index is 0.554. The van der Waals surface area contributed by atoms with Crippen molar-refractivity contribution < 1.29 is 14.3 Å². The second kappa shape index (κ2) is 9.37. The van der Waals surface area contributed by atoms with E-state index in [1.807, 2.05) is 6.92 Å². The summed E-state index contributed by atoms with van der Waals surface area (Å²) in [5, 5.41) is 0. The van der Waals surface area contributed by atoms with Crippen molar-refractivity contribution in [1.29, 1.82) is 0 Å². The quantitative estimate of drug-likeness (QED) is 0.487. The van der Waals surface area contributed by atoms with Gasteiger partial charge in [0.25, 0.3) is 0 Å². The van der Waals surface area contributed by atoms with E-state index in [1.165, 1.54) is 0 Å². The lowest BCUT2D eigenvalue weighted by Crippen LogP contribution is -2.25. The Hall–Kier alpha value is -1.55. The fourth-order valence-electron chi connectivity index (χ4n) is 2.00. The molecule has 0 amide bonds. The van der Waals surface area contributed by atoms with Crippen molar-refractivity contribution in [3.8, 4) is 11.5 Å². The van der Waals surface area contributed by atoms with Crippen molar-refractivity contribution >= 4 is 6.29 Å². The van der Waals surface area contributed by atoms with Gasteiger partial charge in [-0.3, -0.25) is 4.79 Å². The van der Waals surface area contributed by atoms with E-state index < -0.39 is 0 Å². The van der Waals surface area contributed by atoms with Crippen LogP contribution in [0.3, 0.4) is 0 Å². The van der Waals surface area contributed by atoms with Crippen molar-refractivity contribution in [3.05, 3.63) is 23.8 Å². The molecule has 0 saturated carbocycles. The van der Waals surface area contributed by atoms with Crippen LogP contribution in [0, 0.1) is 0 Å². The Labute approximate surface area is 121 Å². The molecule has 0 unspecified atom stereocenters. The molecule has 4 heteroatoms. The van der Waals surface area contributed by atoms with Crippen molar-refractivity contribution in [1.82, 2.24) is 4.90 Å². The van der Waals surface area contributed by atoms with Crippen LogP contribution in [-0.2, 0) is 0 Å². The number of hydrogen-bond donors (Lipinski definition) is 0. The molecular formula is C16H25NO3. The smallest absolute Gasteiger partial charge is 0.161 e. The molecule has 0 saturated heterocycles. The maximum atomic E-state index is 10.8. The predicted octanol–water partition coefficient (Wildman–Crippen LogP) is 3.01. The van der Waals surface area contributed by atoms with Crippen molar-refractivity contribution in [2.75, 3.05) is 32.8 Å². The van der Waals surface area contributed by atoms with Gasteiger partial charge in [-0.2, -0.15) is 0 Å². The molecule has 1 aromatic rings. The van der Waals surface area contributed by atoms with Gasteiger partial charge in [-0.1, -0.05) is 13.8 Å². The van der Waals surface area contributed by atoms with Crippen molar-refractivity contribution in [3.63, 3.8) is 0 Å². The Morgan fingerprint density at radius 3 is 2.45 bits per heavy atom. The van der Waals surface area contributed by atoms with Gasteiger partial charge in [0.15, 0.2) is 11.5 Å². The fraction of sp³-hybridized carbons (Fsp3) is 0.562. The van der Waals surface area contributed by atoms with Crippen LogP contribution in [0.5, 0.6) is 11.5 Å². The van der Waals surface area contributed by atoms with Gasteiger partial charge in [-0.15, -0.1) is 0 Å². The highest BCUT2D eigenvalue weighted by molar-refractivity contribution is 5.76. The zero-order valence-corrected chi connectivity index (χ0v) is 12.7. The zero-order valence-electron chi connectivity index (χ0n) is 12.7. The van der Waals surface area contributed by atoms with E-state index in [0.29, 0.717) is 30.3 Å². The van der Waals surface area contributed by atoms with Gasteiger partial charge in [-0.05, 0) is 44.6 Å². The summed E-state index contributed by atoms with van der Waals surface area (Å²) in [5.74, 6) is 1.34. The topological polar surface area (TPSA) is 38.8 Å². The van der Waals surface area contributed by atoms with Crippen LogP contribution in [0.15, 0.2) is 18.2 Å². The monoisotopic (exact) mass is 279 g/mol. The average Bonchev–Trinajstić information content (AvgIpc) is 2.49. The first-order chi connectivity index (χ1) is 9.74. The van der Waals surface area contributed by atoms with Crippen LogP contribution in [0.25, 0.3) is 0 Å². The second-order valence-corrected chi connectivity index (χ2v) is 4.49. The molecular weight excluding hydrogens is 254 g/mol. The molecule has 1 aromatic carbocycles. The number of benzene rings is 1. The Morgan fingerprint density at radius 2 is 1.85 bits per heavy atom. The molecule has 112 valence electrons. The Bertz CT molecular complexity index is 403. The van der Waals surface area contributed by atoms with Crippen molar-refractivity contribution in [2.24, 2.45) is 0 Å². The van der Waals surface area contributed by atoms with Crippen LogP contribution in [0.2, 0.25) is 0 Å². The van der Waals surface area contributed by atoms with E-state index in [0.717, 1.165) is 32.3 Å². The first-order valence-electron chi connectivity index (χ1n) is 7.32. The van der Waals surface area contributed by atoms with Crippen LogP contribution in [0.1, 0.15) is 37.6 Å². The third-order valence-electron chi connectivity index (χ3n) is 3.17. The number of hydrogen-bond acceptors (Lipinski definition) is 4. The number of aldehydes is 1. The van der Waals surface area contributed by atoms with Gasteiger partial charge in [-0.25, -0.2) is 0 Å². The Balaban J connectivity index is 2.52. The molecule has 0 aromatic heterocycles. The minimum Gasteiger partial charge on any atom is -0.490 e. The summed E-state index contributed by atoms with van der Waals surface area (Å²) in [6, 6.07) is 5.26. The average molecular weight is 279 g/mol. The first kappa shape index (κ1) is 16.5. The number of ether oxygens (including phenoxy) is 2. The van der Waals surface area contributed by atoms with Gasteiger partial charge in [0.2, 0.25) is 0 Å². The van der Waals surface area contributed by atoms with Crippen LogP contribution >= 0.6 is 0 Å². The van der Waals surface area contributed by atoms with E-state index in [2.05, 4.69) is 18.7 Å². The summed E-state index contributed by atoms with van der Waals surface area (Å²) in [5.41, 5.74) is 0.601. The van der Waals surface area contributed by atoms with Gasteiger partial charge in [0.05, 0.1) is 13.2 Å². The molecule has 0 heterocycles. The summed E-state index contributed by atoms with van der Waals surface area (Å²) < 4.78 is 11.3. The maximum Gasteiger partial charge on any atom is 0.161 e. The molecule has 0 bridgehead atoms. The Morgan fingerprint density at radius 1 is 1.10 bits per heavy atom. The largest absolute Gasteiger partial charge is 0.490 e. The molecule has 0 fully saturated rings. The normalized spacial score (nSPS) is 10.6. The summed E-state index contributed by atoms with van der Waals surface area (Å²) in [4.78, 5) is 13.1. The summed E-state index contributed by atoms with van der Waals surface area (Å²) >= 11 is 0. The van der Waals surface area contributed by atoms with E-state index >= 15 is 0 Å². The predicted molar refractivity (Wildman–Crippen MR) is 80.9 cm³/mol. The standard InChI is InChI=1S/C16H25NO3/c1-4-17(5-2)10-7-11-20-15-9-8-14(13-18)12-16(15)19-6-3/h8-9,12-13H,4-7,10-11H2,1-3H3. The molecule has 0 aliphatic rings. The molecule has 0 atom stereocenters. The molecule has 0 N–H and O–H groups in total. The van der Waals surface area contributed by atoms with Crippen LogP contribution in [0.4, 0.5) is 0 Å². The first-order valence-corrected chi connectivity index (χ1v) is 7.32. The molecule has 0 spiro atoms. The van der Waals surface area contributed by atoms with E-state index in [-0.39, 0.29) is 0 Å². The highest BCUT2D eigenvalue weighted by Gasteiger charge is 2.06. The summed E-state index contributed by atoms with van der Waals surface area (Å²) in [6.45, 7) is 10.6. The summed E-state index contributed by atoms with van der Waals surface area (Å²) in [7, 11) is 0. The van der Waals surface area contributed by atoms with Crippen LogP contribution in [-0.4, -0.2) is 44.0 Å². The van der Waals surface area contributed by atoms with Gasteiger partial charge >= 0.3 is 0 Å². The van der Waals surface area contributed by atoms with E-state index in [1.54, 1.807) is 18.2 Å². The van der Waals surface area contributed by atoms with E-state index in [4.69, 9.17) is 9.47 Å². The lowest BCUT2D eigenvalue weighted by Gasteiger charge is -2.18. The fourth-order valence-corrected chi connectivity index (χ4v) is 2.00. The SMILES string of the molecule is CCOc1cc(C=O)ccc1OCCCN(CC)CC. The minimum absolute atomic E-state index is 0.554. The third-order valence-corrected chi connectivity index (χ3v) is 3.17. The number of nitrogens with zero attached hydrogens (tertiary/aromatic N) is 1. The van der Waals surface area contributed by atoms with Gasteiger partial charge < -0.3 is 14.4 Å². The highest BCUT2D eigenvalue weighted by atomic mass is 16.5. The number of carbonyl (C=O) groups is 1.